The zero-order valence-corrected chi connectivity index (χ0v) is 17.8. The maximum atomic E-state index is 11.8. The van der Waals surface area contributed by atoms with Gasteiger partial charge in [0.15, 0.2) is 13.8 Å². The Kier molecular flexibility index (Phi) is 6.03. The van der Waals surface area contributed by atoms with Gasteiger partial charge in [0.25, 0.3) is 0 Å². The van der Waals surface area contributed by atoms with E-state index in [-0.39, 0.29) is 17.5 Å². The summed E-state index contributed by atoms with van der Waals surface area (Å²) in [5.41, 5.74) is 1.87. The molecule has 0 bridgehead atoms. The van der Waals surface area contributed by atoms with Crippen LogP contribution in [0.1, 0.15) is 18.9 Å². The number of anilines is 2. The van der Waals surface area contributed by atoms with E-state index in [1.807, 2.05) is 32.0 Å². The second-order valence-electron chi connectivity index (χ2n) is 6.36. The van der Waals surface area contributed by atoms with E-state index in [9.17, 15) is 8.42 Å². The highest BCUT2D eigenvalue weighted by Crippen LogP contribution is 2.25. The Morgan fingerprint density at radius 1 is 1.50 bits per heavy atom. The van der Waals surface area contributed by atoms with Crippen molar-refractivity contribution in [1.82, 2.24) is 14.7 Å². The molecule has 142 valence electrons. The van der Waals surface area contributed by atoms with E-state index >= 15 is 0 Å². The minimum atomic E-state index is -2.92. The summed E-state index contributed by atoms with van der Waals surface area (Å²) in [4.78, 5) is 2.12. The van der Waals surface area contributed by atoms with Crippen LogP contribution in [0.25, 0.3) is 0 Å². The fourth-order valence-electron chi connectivity index (χ4n) is 2.95. The Morgan fingerprint density at radius 2 is 2.27 bits per heavy atom. The molecule has 1 aliphatic heterocycles. The molecule has 0 radical (unpaired) electrons. The molecule has 0 unspecified atom stereocenters. The molecular formula is C16H21ClN4O2S3. The van der Waals surface area contributed by atoms with Crippen LogP contribution in [0.4, 0.5) is 10.8 Å². The standard InChI is InChI=1S/C16H21ClN4O2S3/c1-3-20(13-6-7-26(22,23)9-13)10-21-16(24)25-15(19-21)18-12-5-4-11(2)14(17)8-12/h4-5,8,13H,3,6-7,9-10H2,1-2H3,(H,18,19)/t13-/m1/s1. The number of sulfone groups is 1. The molecule has 0 amide bonds. The SMILES string of the molecule is CCN(Cn1nc(Nc2ccc(C)c(Cl)c2)sc1=S)[C@@H]1CCS(=O)(=O)C1. The molecule has 1 saturated heterocycles. The highest BCUT2D eigenvalue weighted by atomic mass is 35.5. The first-order chi connectivity index (χ1) is 12.3. The molecule has 1 N–H and O–H groups in total. The Balaban J connectivity index is 1.73. The van der Waals surface area contributed by atoms with Crippen molar-refractivity contribution in [2.45, 2.75) is 33.0 Å². The first-order valence-electron chi connectivity index (χ1n) is 8.33. The number of nitrogens with one attached hydrogen (secondary N) is 1. The Bertz CT molecular complexity index is 955. The number of nitrogens with zero attached hydrogens (tertiary/aromatic N) is 3. The lowest BCUT2D eigenvalue weighted by molar-refractivity contribution is 0.165. The van der Waals surface area contributed by atoms with Crippen molar-refractivity contribution >= 4 is 55.8 Å². The highest BCUT2D eigenvalue weighted by molar-refractivity contribution is 7.91. The number of halogens is 1. The van der Waals surface area contributed by atoms with Gasteiger partial charge in [0.2, 0.25) is 5.13 Å². The molecule has 2 aromatic rings. The number of hydrogen-bond acceptors (Lipinski definition) is 7. The number of aromatic nitrogens is 2. The molecule has 1 aromatic heterocycles. The summed E-state index contributed by atoms with van der Waals surface area (Å²) in [6, 6.07) is 5.77. The first kappa shape index (κ1) is 19.8. The minimum Gasteiger partial charge on any atom is -0.330 e. The molecule has 1 fully saturated rings. The fraction of sp³-hybridized carbons (Fsp3) is 0.500. The van der Waals surface area contributed by atoms with Gasteiger partial charge in [0.1, 0.15) is 0 Å². The van der Waals surface area contributed by atoms with Crippen LogP contribution in [0.3, 0.4) is 0 Å². The third-order valence-electron chi connectivity index (χ3n) is 4.48. The first-order valence-corrected chi connectivity index (χ1v) is 11.8. The monoisotopic (exact) mass is 432 g/mol. The molecule has 3 rings (SSSR count). The van der Waals surface area contributed by atoms with Gasteiger partial charge in [0.05, 0.1) is 18.2 Å². The van der Waals surface area contributed by atoms with Gasteiger partial charge in [-0.25, -0.2) is 13.1 Å². The summed E-state index contributed by atoms with van der Waals surface area (Å²) in [6.45, 7) is 5.21. The second-order valence-corrected chi connectivity index (χ2v) is 10.6. The zero-order valence-electron chi connectivity index (χ0n) is 14.6. The summed E-state index contributed by atoms with van der Waals surface area (Å²) < 4.78 is 25.9. The predicted octanol–water partition coefficient (Wildman–Crippen LogP) is 3.85. The second kappa shape index (κ2) is 7.93. The van der Waals surface area contributed by atoms with Gasteiger partial charge in [-0.3, -0.25) is 4.90 Å². The molecule has 26 heavy (non-hydrogen) atoms. The summed E-state index contributed by atoms with van der Waals surface area (Å²) in [5, 5.41) is 9.14. The molecule has 6 nitrogen and oxygen atoms in total. The lowest BCUT2D eigenvalue weighted by Crippen LogP contribution is -2.37. The van der Waals surface area contributed by atoms with Crippen molar-refractivity contribution in [2.24, 2.45) is 0 Å². The van der Waals surface area contributed by atoms with E-state index in [0.29, 0.717) is 27.2 Å². The van der Waals surface area contributed by atoms with Gasteiger partial charge in [0, 0.05) is 16.8 Å². The Morgan fingerprint density at radius 3 is 2.88 bits per heavy atom. The van der Waals surface area contributed by atoms with Crippen LogP contribution in [0.15, 0.2) is 18.2 Å². The van der Waals surface area contributed by atoms with Crippen LogP contribution in [0.5, 0.6) is 0 Å². The van der Waals surface area contributed by atoms with Gasteiger partial charge < -0.3 is 5.32 Å². The Hall–Kier alpha value is -1.00. The number of rotatable bonds is 6. The summed E-state index contributed by atoms with van der Waals surface area (Å²) in [7, 11) is -2.92. The molecule has 1 aromatic carbocycles. The Labute approximate surface area is 167 Å². The topological polar surface area (TPSA) is 67.2 Å². The van der Waals surface area contributed by atoms with Gasteiger partial charge in [-0.15, -0.1) is 5.10 Å². The molecule has 0 aliphatic carbocycles. The smallest absolute Gasteiger partial charge is 0.209 e. The largest absolute Gasteiger partial charge is 0.330 e. The third-order valence-corrected chi connectivity index (χ3v) is 7.86. The number of aryl methyl sites for hydroxylation is 1. The number of benzene rings is 1. The quantitative estimate of drug-likeness (QED) is 0.699. The van der Waals surface area contributed by atoms with Crippen LogP contribution in [0, 0.1) is 10.9 Å². The molecule has 1 aliphatic rings. The van der Waals surface area contributed by atoms with Crippen LogP contribution >= 0.6 is 35.2 Å². The lowest BCUT2D eigenvalue weighted by atomic mass is 10.2. The van der Waals surface area contributed by atoms with Crippen LogP contribution in [-0.2, 0) is 16.5 Å². The lowest BCUT2D eigenvalue weighted by Gasteiger charge is -2.25. The average molecular weight is 433 g/mol. The molecule has 1 atom stereocenters. The molecular weight excluding hydrogens is 412 g/mol. The maximum absolute atomic E-state index is 11.8. The van der Waals surface area contributed by atoms with Gasteiger partial charge in [-0.1, -0.05) is 35.9 Å². The van der Waals surface area contributed by atoms with E-state index in [2.05, 4.69) is 15.3 Å². The number of hydrogen-bond donors (Lipinski definition) is 1. The summed E-state index contributed by atoms with van der Waals surface area (Å²) in [5.74, 6) is 0.475. The van der Waals surface area contributed by atoms with Crippen molar-refractivity contribution in [3.8, 4) is 0 Å². The van der Waals surface area contributed by atoms with E-state index in [1.54, 1.807) is 4.68 Å². The fourth-order valence-corrected chi connectivity index (χ4v) is 5.90. The van der Waals surface area contributed by atoms with Crippen LogP contribution < -0.4 is 5.32 Å². The molecule has 0 spiro atoms. The van der Waals surface area contributed by atoms with Crippen LogP contribution in [0.2, 0.25) is 5.02 Å². The van der Waals surface area contributed by atoms with Gasteiger partial charge in [-0.2, -0.15) is 0 Å². The van der Waals surface area contributed by atoms with Crippen LogP contribution in [-0.4, -0.2) is 47.2 Å². The van der Waals surface area contributed by atoms with Crippen molar-refractivity contribution in [3.63, 3.8) is 0 Å². The van der Waals surface area contributed by atoms with Crippen molar-refractivity contribution < 1.29 is 8.42 Å². The normalized spacial score (nSPS) is 19.2. The zero-order chi connectivity index (χ0) is 18.9. The minimum absolute atomic E-state index is 0.0286. The maximum Gasteiger partial charge on any atom is 0.209 e. The average Bonchev–Trinajstić information content (AvgIpc) is 3.10. The van der Waals surface area contributed by atoms with Crippen molar-refractivity contribution in [2.75, 3.05) is 23.4 Å². The van der Waals surface area contributed by atoms with Gasteiger partial charge >= 0.3 is 0 Å². The summed E-state index contributed by atoms with van der Waals surface area (Å²) in [6.07, 6.45) is 0.667. The van der Waals surface area contributed by atoms with Crippen molar-refractivity contribution in [1.29, 1.82) is 0 Å². The third kappa shape index (κ3) is 4.64. The predicted molar refractivity (Wildman–Crippen MR) is 110 cm³/mol. The molecule has 2 heterocycles. The molecule has 10 heteroatoms. The van der Waals surface area contributed by atoms with E-state index < -0.39 is 9.84 Å². The van der Waals surface area contributed by atoms with E-state index in [0.717, 1.165) is 17.8 Å². The van der Waals surface area contributed by atoms with E-state index in [1.165, 1.54) is 11.3 Å². The van der Waals surface area contributed by atoms with Gasteiger partial charge in [-0.05, 0) is 49.8 Å². The summed E-state index contributed by atoms with van der Waals surface area (Å²) >= 11 is 13.0. The van der Waals surface area contributed by atoms with E-state index in [4.69, 9.17) is 23.8 Å². The van der Waals surface area contributed by atoms with Crippen molar-refractivity contribution in [3.05, 3.63) is 32.7 Å². The highest BCUT2D eigenvalue weighted by Gasteiger charge is 2.31. The molecule has 0 saturated carbocycles.